The number of aromatic amines is 1. The number of piperidine rings is 1. The number of pyridine rings is 1. The summed E-state index contributed by atoms with van der Waals surface area (Å²) in [6.07, 6.45) is 2.21. The van der Waals surface area contributed by atoms with Gasteiger partial charge in [-0.2, -0.15) is 0 Å². The Morgan fingerprint density at radius 2 is 1.83 bits per heavy atom. The number of benzene rings is 1. The van der Waals surface area contributed by atoms with E-state index < -0.39 is 0 Å². The summed E-state index contributed by atoms with van der Waals surface area (Å²) in [4.78, 5) is 15.0. The molecule has 1 aliphatic rings. The number of halogens is 1. The van der Waals surface area contributed by atoms with Crippen LogP contribution in [0.5, 0.6) is 0 Å². The molecule has 0 amide bonds. The summed E-state index contributed by atoms with van der Waals surface area (Å²) in [6, 6.07) is 9.90. The summed E-state index contributed by atoms with van der Waals surface area (Å²) in [7, 11) is 0. The van der Waals surface area contributed by atoms with Gasteiger partial charge in [0, 0.05) is 17.0 Å². The molecule has 0 atom stereocenters. The third-order valence-electron chi connectivity index (χ3n) is 3.55. The lowest BCUT2D eigenvalue weighted by Gasteiger charge is -2.22. The van der Waals surface area contributed by atoms with Gasteiger partial charge in [0.25, 0.3) is 5.56 Å². The minimum absolute atomic E-state index is 0. The van der Waals surface area contributed by atoms with E-state index in [2.05, 4.69) is 16.4 Å². The molecular formula is C14H17ClN2O. The first-order valence-electron chi connectivity index (χ1n) is 6.17. The van der Waals surface area contributed by atoms with Crippen LogP contribution in [-0.4, -0.2) is 18.1 Å². The second-order valence-electron chi connectivity index (χ2n) is 4.67. The zero-order valence-corrected chi connectivity index (χ0v) is 10.9. The highest BCUT2D eigenvalue weighted by Gasteiger charge is 2.16. The first-order chi connectivity index (χ1) is 8.34. The van der Waals surface area contributed by atoms with Crippen LogP contribution in [0.25, 0.3) is 10.8 Å². The number of hydrogen-bond acceptors (Lipinski definition) is 2. The van der Waals surface area contributed by atoms with Gasteiger partial charge in [-0.3, -0.25) is 4.79 Å². The fourth-order valence-corrected chi connectivity index (χ4v) is 2.58. The van der Waals surface area contributed by atoms with Crippen molar-refractivity contribution in [2.75, 3.05) is 13.1 Å². The normalized spacial score (nSPS) is 16.4. The molecule has 18 heavy (non-hydrogen) atoms. The fourth-order valence-electron chi connectivity index (χ4n) is 2.58. The summed E-state index contributed by atoms with van der Waals surface area (Å²) >= 11 is 0. The van der Waals surface area contributed by atoms with Crippen molar-refractivity contribution in [3.05, 3.63) is 46.4 Å². The SMILES string of the molecule is Cl.O=c1[nH]c(C2CCNCC2)cc2ccccc12. The van der Waals surface area contributed by atoms with Crippen molar-refractivity contribution >= 4 is 23.2 Å². The topological polar surface area (TPSA) is 44.9 Å². The van der Waals surface area contributed by atoms with Gasteiger partial charge in [-0.25, -0.2) is 0 Å². The molecule has 1 aromatic carbocycles. The van der Waals surface area contributed by atoms with E-state index in [4.69, 9.17) is 0 Å². The second-order valence-corrected chi connectivity index (χ2v) is 4.67. The lowest BCUT2D eigenvalue weighted by Crippen LogP contribution is -2.27. The maximum absolute atomic E-state index is 12.0. The Hall–Kier alpha value is -1.32. The standard InChI is InChI=1S/C14H16N2O.ClH/c17-14-12-4-2-1-3-11(12)9-13(16-14)10-5-7-15-8-6-10;/h1-4,9-10,15H,5-8H2,(H,16,17);1H. The van der Waals surface area contributed by atoms with Gasteiger partial charge >= 0.3 is 0 Å². The van der Waals surface area contributed by atoms with E-state index >= 15 is 0 Å². The molecule has 0 spiro atoms. The van der Waals surface area contributed by atoms with Crippen molar-refractivity contribution in [1.29, 1.82) is 0 Å². The molecule has 4 heteroatoms. The molecule has 0 unspecified atom stereocenters. The van der Waals surface area contributed by atoms with Gasteiger partial charge in [0.1, 0.15) is 0 Å². The quantitative estimate of drug-likeness (QED) is 0.831. The third kappa shape index (κ3) is 2.42. The Kier molecular flexibility index (Phi) is 4.04. The molecule has 0 aliphatic carbocycles. The number of hydrogen-bond donors (Lipinski definition) is 2. The minimum Gasteiger partial charge on any atom is -0.325 e. The minimum atomic E-state index is 0. The van der Waals surface area contributed by atoms with E-state index in [9.17, 15) is 4.79 Å². The summed E-state index contributed by atoms with van der Waals surface area (Å²) < 4.78 is 0. The predicted molar refractivity (Wildman–Crippen MR) is 76.7 cm³/mol. The predicted octanol–water partition coefficient (Wildman–Crippen LogP) is 2.42. The molecule has 3 nitrogen and oxygen atoms in total. The molecule has 0 radical (unpaired) electrons. The molecule has 2 heterocycles. The molecule has 1 saturated heterocycles. The van der Waals surface area contributed by atoms with Crippen LogP contribution in [0.4, 0.5) is 0 Å². The molecule has 0 bridgehead atoms. The number of nitrogens with one attached hydrogen (secondary N) is 2. The molecule has 2 aromatic rings. The monoisotopic (exact) mass is 264 g/mol. The van der Waals surface area contributed by atoms with Crippen LogP contribution in [0.3, 0.4) is 0 Å². The fraction of sp³-hybridized carbons (Fsp3) is 0.357. The molecule has 1 aromatic heterocycles. The first kappa shape index (κ1) is 13.1. The number of fused-ring (bicyclic) bond motifs is 1. The number of rotatable bonds is 1. The van der Waals surface area contributed by atoms with E-state index in [0.717, 1.165) is 42.4 Å². The summed E-state index contributed by atoms with van der Waals surface area (Å²) in [5.41, 5.74) is 1.13. The van der Waals surface area contributed by atoms with Crippen LogP contribution in [0, 0.1) is 0 Å². The van der Waals surface area contributed by atoms with Gasteiger partial charge in [0.2, 0.25) is 0 Å². The lowest BCUT2D eigenvalue weighted by molar-refractivity contribution is 0.453. The molecule has 1 aliphatic heterocycles. The number of aromatic nitrogens is 1. The summed E-state index contributed by atoms with van der Waals surface area (Å²) in [6.45, 7) is 2.08. The van der Waals surface area contributed by atoms with Crippen molar-refractivity contribution in [2.24, 2.45) is 0 Å². The zero-order valence-electron chi connectivity index (χ0n) is 10.1. The molecule has 0 saturated carbocycles. The Labute approximate surface area is 112 Å². The van der Waals surface area contributed by atoms with Gasteiger partial charge in [-0.1, -0.05) is 18.2 Å². The van der Waals surface area contributed by atoms with Gasteiger partial charge in [-0.05, 0) is 43.5 Å². The van der Waals surface area contributed by atoms with Crippen LogP contribution in [0.15, 0.2) is 35.1 Å². The lowest BCUT2D eigenvalue weighted by atomic mass is 9.93. The van der Waals surface area contributed by atoms with Gasteiger partial charge in [0.15, 0.2) is 0 Å². The largest absolute Gasteiger partial charge is 0.325 e. The smallest absolute Gasteiger partial charge is 0.256 e. The Morgan fingerprint density at radius 3 is 2.61 bits per heavy atom. The Balaban J connectivity index is 0.00000120. The van der Waals surface area contributed by atoms with Crippen molar-refractivity contribution in [2.45, 2.75) is 18.8 Å². The summed E-state index contributed by atoms with van der Waals surface area (Å²) in [5, 5.41) is 5.17. The van der Waals surface area contributed by atoms with Crippen LogP contribution in [0.2, 0.25) is 0 Å². The summed E-state index contributed by atoms with van der Waals surface area (Å²) in [5.74, 6) is 0.494. The molecule has 96 valence electrons. The Bertz CT molecular complexity index is 588. The second kappa shape index (κ2) is 5.55. The molecular weight excluding hydrogens is 248 g/mol. The maximum atomic E-state index is 12.0. The van der Waals surface area contributed by atoms with E-state index in [0.29, 0.717) is 5.92 Å². The van der Waals surface area contributed by atoms with Crippen molar-refractivity contribution in [3.63, 3.8) is 0 Å². The zero-order chi connectivity index (χ0) is 11.7. The highest BCUT2D eigenvalue weighted by atomic mass is 35.5. The van der Waals surface area contributed by atoms with Gasteiger partial charge in [0.05, 0.1) is 0 Å². The van der Waals surface area contributed by atoms with Crippen LogP contribution < -0.4 is 10.9 Å². The highest BCUT2D eigenvalue weighted by Crippen LogP contribution is 2.24. The third-order valence-corrected chi connectivity index (χ3v) is 3.55. The van der Waals surface area contributed by atoms with E-state index in [-0.39, 0.29) is 18.0 Å². The number of H-pyrrole nitrogens is 1. The van der Waals surface area contributed by atoms with Crippen LogP contribution >= 0.6 is 12.4 Å². The van der Waals surface area contributed by atoms with Crippen LogP contribution in [-0.2, 0) is 0 Å². The highest BCUT2D eigenvalue weighted by molar-refractivity contribution is 5.85. The maximum Gasteiger partial charge on any atom is 0.256 e. The van der Waals surface area contributed by atoms with Crippen molar-refractivity contribution in [3.8, 4) is 0 Å². The first-order valence-corrected chi connectivity index (χ1v) is 6.17. The molecule has 3 rings (SSSR count). The van der Waals surface area contributed by atoms with E-state index in [1.165, 1.54) is 0 Å². The molecule has 2 N–H and O–H groups in total. The van der Waals surface area contributed by atoms with Crippen molar-refractivity contribution in [1.82, 2.24) is 10.3 Å². The average molecular weight is 265 g/mol. The van der Waals surface area contributed by atoms with Gasteiger partial charge in [-0.15, -0.1) is 12.4 Å². The average Bonchev–Trinajstić information content (AvgIpc) is 2.40. The van der Waals surface area contributed by atoms with E-state index in [1.807, 2.05) is 24.3 Å². The van der Waals surface area contributed by atoms with Crippen LogP contribution in [0.1, 0.15) is 24.5 Å². The Morgan fingerprint density at radius 1 is 1.11 bits per heavy atom. The van der Waals surface area contributed by atoms with Gasteiger partial charge < -0.3 is 10.3 Å². The van der Waals surface area contributed by atoms with E-state index in [1.54, 1.807) is 0 Å². The molecule has 1 fully saturated rings. The van der Waals surface area contributed by atoms with Crippen molar-refractivity contribution < 1.29 is 0 Å².